The normalized spacial score (nSPS) is 15.4. The number of carbonyl (C=O) groups excluding carboxylic acids is 2. The first kappa shape index (κ1) is 13.1. The van der Waals surface area contributed by atoms with Crippen LogP contribution >= 0.6 is 0 Å². The van der Waals surface area contributed by atoms with E-state index in [4.69, 9.17) is 9.15 Å². The SMILES string of the molecule is COC(=O)/C(=C/c1ccco1)C(=O)C1=CCCCO1. The molecule has 2 heterocycles. The molecule has 2 rings (SSSR count). The monoisotopic (exact) mass is 262 g/mol. The lowest BCUT2D eigenvalue weighted by Crippen LogP contribution is -2.19. The van der Waals surface area contributed by atoms with Crippen molar-refractivity contribution in [3.8, 4) is 0 Å². The average Bonchev–Trinajstić information content (AvgIpc) is 2.97. The molecular weight excluding hydrogens is 248 g/mol. The Morgan fingerprint density at radius 3 is 2.84 bits per heavy atom. The molecule has 1 aliphatic heterocycles. The van der Waals surface area contributed by atoms with Gasteiger partial charge in [0.2, 0.25) is 5.78 Å². The number of hydrogen-bond acceptors (Lipinski definition) is 5. The molecule has 5 nitrogen and oxygen atoms in total. The second kappa shape index (κ2) is 6.04. The van der Waals surface area contributed by atoms with Gasteiger partial charge in [-0.25, -0.2) is 4.79 Å². The van der Waals surface area contributed by atoms with Crippen LogP contribution in [0, 0.1) is 0 Å². The maximum atomic E-state index is 12.2. The number of carbonyl (C=O) groups is 2. The number of furan rings is 1. The number of esters is 1. The summed E-state index contributed by atoms with van der Waals surface area (Å²) in [6.07, 6.45) is 6.13. The Bertz CT molecular complexity index is 522. The van der Waals surface area contributed by atoms with Gasteiger partial charge in [-0.3, -0.25) is 4.79 Å². The van der Waals surface area contributed by atoms with Crippen molar-refractivity contribution in [2.45, 2.75) is 12.8 Å². The summed E-state index contributed by atoms with van der Waals surface area (Å²) in [5, 5.41) is 0. The quantitative estimate of drug-likeness (QED) is 0.360. The van der Waals surface area contributed by atoms with E-state index in [0.29, 0.717) is 12.4 Å². The van der Waals surface area contributed by atoms with Gasteiger partial charge in [0, 0.05) is 0 Å². The van der Waals surface area contributed by atoms with E-state index >= 15 is 0 Å². The van der Waals surface area contributed by atoms with E-state index in [1.54, 1.807) is 18.2 Å². The Kier molecular flexibility index (Phi) is 4.18. The third-order valence-corrected chi connectivity index (χ3v) is 2.64. The minimum absolute atomic E-state index is 0.106. The highest BCUT2D eigenvalue weighted by Crippen LogP contribution is 2.18. The molecule has 0 bridgehead atoms. The van der Waals surface area contributed by atoms with Gasteiger partial charge in [0.1, 0.15) is 11.3 Å². The van der Waals surface area contributed by atoms with Crippen LogP contribution < -0.4 is 0 Å². The maximum Gasteiger partial charge on any atom is 0.342 e. The lowest BCUT2D eigenvalue weighted by Gasteiger charge is -2.14. The Labute approximate surface area is 110 Å². The lowest BCUT2D eigenvalue weighted by molar-refractivity contribution is -0.137. The summed E-state index contributed by atoms with van der Waals surface area (Å²) in [4.78, 5) is 23.9. The van der Waals surface area contributed by atoms with Crippen molar-refractivity contribution in [3.05, 3.63) is 41.6 Å². The molecule has 0 aliphatic carbocycles. The van der Waals surface area contributed by atoms with E-state index in [0.717, 1.165) is 12.8 Å². The zero-order valence-corrected chi connectivity index (χ0v) is 10.5. The van der Waals surface area contributed by atoms with Crippen molar-refractivity contribution < 1.29 is 23.5 Å². The van der Waals surface area contributed by atoms with Crippen LogP contribution in [0.15, 0.2) is 40.2 Å². The van der Waals surface area contributed by atoms with Crippen molar-refractivity contribution in [2.24, 2.45) is 0 Å². The molecule has 0 saturated carbocycles. The minimum atomic E-state index is -0.712. The second-order valence-corrected chi connectivity index (χ2v) is 3.95. The van der Waals surface area contributed by atoms with E-state index in [-0.39, 0.29) is 11.3 Å². The maximum absolute atomic E-state index is 12.2. The van der Waals surface area contributed by atoms with E-state index in [1.807, 2.05) is 0 Å². The predicted molar refractivity (Wildman–Crippen MR) is 67.0 cm³/mol. The summed E-state index contributed by atoms with van der Waals surface area (Å²) in [5.74, 6) is -0.598. The largest absolute Gasteiger partial charge is 0.490 e. The summed E-state index contributed by atoms with van der Waals surface area (Å²) in [6, 6.07) is 3.31. The van der Waals surface area contributed by atoms with Crippen LogP contribution in [0.3, 0.4) is 0 Å². The van der Waals surface area contributed by atoms with Gasteiger partial charge in [0.15, 0.2) is 5.76 Å². The topological polar surface area (TPSA) is 65.7 Å². The lowest BCUT2D eigenvalue weighted by atomic mass is 10.1. The Morgan fingerprint density at radius 1 is 1.42 bits per heavy atom. The fourth-order valence-electron chi connectivity index (χ4n) is 1.69. The number of allylic oxidation sites excluding steroid dienone is 2. The Hall–Kier alpha value is -2.30. The van der Waals surface area contributed by atoms with Crippen LogP contribution in [-0.2, 0) is 19.1 Å². The van der Waals surface area contributed by atoms with Gasteiger partial charge < -0.3 is 13.9 Å². The zero-order valence-electron chi connectivity index (χ0n) is 10.5. The Morgan fingerprint density at radius 2 is 2.26 bits per heavy atom. The molecule has 0 saturated heterocycles. The van der Waals surface area contributed by atoms with Crippen LogP contribution in [0.1, 0.15) is 18.6 Å². The molecule has 0 fully saturated rings. The molecular formula is C14H14O5. The highest BCUT2D eigenvalue weighted by Gasteiger charge is 2.25. The summed E-state index contributed by atoms with van der Waals surface area (Å²) in [7, 11) is 1.22. The van der Waals surface area contributed by atoms with Crippen LogP contribution in [-0.4, -0.2) is 25.5 Å². The molecule has 1 aliphatic rings. The molecule has 19 heavy (non-hydrogen) atoms. The van der Waals surface area contributed by atoms with Gasteiger partial charge in [-0.1, -0.05) is 0 Å². The third kappa shape index (κ3) is 3.13. The number of rotatable bonds is 4. The molecule has 0 N–H and O–H groups in total. The van der Waals surface area contributed by atoms with Crippen molar-refractivity contribution in [2.75, 3.05) is 13.7 Å². The smallest absolute Gasteiger partial charge is 0.342 e. The molecule has 100 valence electrons. The summed E-state index contributed by atoms with van der Waals surface area (Å²) in [6.45, 7) is 0.479. The van der Waals surface area contributed by atoms with Gasteiger partial charge >= 0.3 is 5.97 Å². The fraction of sp³-hybridized carbons (Fsp3) is 0.286. The first-order valence-corrected chi connectivity index (χ1v) is 5.93. The van der Waals surface area contributed by atoms with Crippen molar-refractivity contribution in [1.82, 2.24) is 0 Å². The van der Waals surface area contributed by atoms with Crippen LogP contribution in [0.4, 0.5) is 0 Å². The first-order chi connectivity index (χ1) is 9.22. The summed E-state index contributed by atoms with van der Waals surface area (Å²) in [5.41, 5.74) is -0.106. The van der Waals surface area contributed by atoms with Gasteiger partial charge in [-0.2, -0.15) is 0 Å². The average molecular weight is 262 g/mol. The van der Waals surface area contributed by atoms with E-state index in [1.165, 1.54) is 19.4 Å². The second-order valence-electron chi connectivity index (χ2n) is 3.95. The molecule has 1 aromatic heterocycles. The highest BCUT2D eigenvalue weighted by atomic mass is 16.5. The molecule has 5 heteroatoms. The Balaban J connectivity index is 2.30. The van der Waals surface area contributed by atoms with Crippen molar-refractivity contribution in [3.63, 3.8) is 0 Å². The number of Topliss-reactive ketones (excluding diaryl/α,β-unsaturated/α-hetero) is 1. The molecule has 0 radical (unpaired) electrons. The molecule has 0 spiro atoms. The summed E-state index contributed by atoms with van der Waals surface area (Å²) >= 11 is 0. The highest BCUT2D eigenvalue weighted by molar-refractivity contribution is 6.25. The number of ketones is 1. The molecule has 0 atom stereocenters. The zero-order chi connectivity index (χ0) is 13.7. The number of methoxy groups -OCH3 is 1. The van der Waals surface area contributed by atoms with E-state index < -0.39 is 11.8 Å². The third-order valence-electron chi connectivity index (χ3n) is 2.64. The van der Waals surface area contributed by atoms with Gasteiger partial charge in [-0.15, -0.1) is 0 Å². The van der Waals surface area contributed by atoms with Crippen LogP contribution in [0.25, 0.3) is 6.08 Å². The predicted octanol–water partition coefficient (Wildman–Crippen LogP) is 2.10. The van der Waals surface area contributed by atoms with Gasteiger partial charge in [-0.05, 0) is 37.1 Å². The van der Waals surface area contributed by atoms with Crippen molar-refractivity contribution >= 4 is 17.8 Å². The first-order valence-electron chi connectivity index (χ1n) is 5.93. The van der Waals surface area contributed by atoms with E-state index in [2.05, 4.69) is 4.74 Å². The standard InChI is InChI=1S/C14H14O5/c1-17-14(16)11(9-10-5-4-8-18-10)13(15)12-6-2-3-7-19-12/h4-6,8-9H,2-3,7H2,1H3/b11-9+. The van der Waals surface area contributed by atoms with Crippen LogP contribution in [0.2, 0.25) is 0 Å². The minimum Gasteiger partial charge on any atom is -0.490 e. The van der Waals surface area contributed by atoms with E-state index in [9.17, 15) is 9.59 Å². The number of ether oxygens (including phenoxy) is 2. The van der Waals surface area contributed by atoms with Gasteiger partial charge in [0.25, 0.3) is 0 Å². The van der Waals surface area contributed by atoms with Crippen molar-refractivity contribution in [1.29, 1.82) is 0 Å². The molecule has 0 unspecified atom stereocenters. The summed E-state index contributed by atoms with van der Waals surface area (Å²) < 4.78 is 15.0. The molecule has 1 aromatic rings. The number of hydrogen-bond donors (Lipinski definition) is 0. The van der Waals surface area contributed by atoms with Crippen LogP contribution in [0.5, 0.6) is 0 Å². The van der Waals surface area contributed by atoms with Gasteiger partial charge in [0.05, 0.1) is 20.0 Å². The molecule has 0 amide bonds. The molecule has 0 aromatic carbocycles. The fourth-order valence-corrected chi connectivity index (χ4v) is 1.69.